The summed E-state index contributed by atoms with van der Waals surface area (Å²) in [7, 11) is 0. The van der Waals surface area contributed by atoms with Crippen molar-refractivity contribution in [3.63, 3.8) is 0 Å². The van der Waals surface area contributed by atoms with Crippen LogP contribution in [0.4, 0.5) is 8.78 Å². The number of aromatic nitrogens is 4. The highest BCUT2D eigenvalue weighted by Crippen LogP contribution is 2.26. The summed E-state index contributed by atoms with van der Waals surface area (Å²) in [5.41, 5.74) is 6.17. The highest BCUT2D eigenvalue weighted by Gasteiger charge is 2.19. The van der Waals surface area contributed by atoms with Gasteiger partial charge in [-0.1, -0.05) is 20.8 Å². The molecule has 0 aliphatic carbocycles. The van der Waals surface area contributed by atoms with Gasteiger partial charge in [-0.25, -0.2) is 4.68 Å². The summed E-state index contributed by atoms with van der Waals surface area (Å²) in [6.45, 7) is 14.4. The van der Waals surface area contributed by atoms with E-state index in [4.69, 9.17) is 5.10 Å². The third-order valence-electron chi connectivity index (χ3n) is 6.49. The molecule has 2 unspecified atom stereocenters. The first-order valence-electron chi connectivity index (χ1n) is 11.4. The van der Waals surface area contributed by atoms with E-state index in [1.807, 2.05) is 6.92 Å². The topological polar surface area (TPSA) is 35.6 Å². The Kier molecular flexibility index (Phi) is 8.62. The number of nitrogens with zero attached hydrogens (tertiary/aromatic N) is 4. The average molecular weight is 423 g/mol. The van der Waals surface area contributed by atoms with Crippen LogP contribution in [0, 0.1) is 39.5 Å². The van der Waals surface area contributed by atoms with Crippen LogP contribution in [0.2, 0.25) is 0 Å². The van der Waals surface area contributed by atoms with Crippen LogP contribution in [0.25, 0.3) is 0 Å². The highest BCUT2D eigenvalue weighted by atomic mass is 19.3. The van der Waals surface area contributed by atoms with E-state index in [9.17, 15) is 8.78 Å². The smallest absolute Gasteiger partial charge is 0.267 e. The van der Waals surface area contributed by atoms with Gasteiger partial charge in [0.15, 0.2) is 0 Å². The van der Waals surface area contributed by atoms with Gasteiger partial charge in [-0.05, 0) is 96.1 Å². The largest absolute Gasteiger partial charge is 0.333 e. The zero-order valence-corrected chi connectivity index (χ0v) is 20.1. The van der Waals surface area contributed by atoms with Crippen molar-refractivity contribution in [2.75, 3.05) is 0 Å². The average Bonchev–Trinajstić information content (AvgIpc) is 3.11. The number of hydrogen-bond acceptors (Lipinski definition) is 2. The Morgan fingerprint density at radius 1 is 0.700 bits per heavy atom. The predicted octanol–water partition coefficient (Wildman–Crippen LogP) is 6.91. The first-order chi connectivity index (χ1) is 14.0. The quantitative estimate of drug-likeness (QED) is 0.394. The van der Waals surface area contributed by atoms with Crippen LogP contribution in [-0.4, -0.2) is 19.6 Å². The second-order valence-electron chi connectivity index (χ2n) is 9.47. The molecule has 0 saturated heterocycles. The van der Waals surface area contributed by atoms with Gasteiger partial charge in [0.05, 0.1) is 11.4 Å². The molecule has 0 aliphatic heterocycles. The summed E-state index contributed by atoms with van der Waals surface area (Å²) in [5.74, 6) is 1.23. The zero-order valence-electron chi connectivity index (χ0n) is 20.1. The standard InChI is InChI=1S/C24H40F2N4/c1-15(2)9-13-22-18(5)27-29(20(22)7)17(4)12-10-16(3)11-14-23-19(6)28-30(21(23)8)24(25)26/h15-17,24H,9-14H2,1-8H3. The number of halogens is 2. The normalized spacial score (nSPS) is 14.1. The van der Waals surface area contributed by atoms with E-state index in [2.05, 4.69) is 51.3 Å². The fourth-order valence-corrected chi connectivity index (χ4v) is 4.35. The van der Waals surface area contributed by atoms with E-state index < -0.39 is 6.55 Å². The summed E-state index contributed by atoms with van der Waals surface area (Å²) in [6, 6.07) is 0.365. The summed E-state index contributed by atoms with van der Waals surface area (Å²) < 4.78 is 29.1. The third kappa shape index (κ3) is 5.92. The lowest BCUT2D eigenvalue weighted by Gasteiger charge is -2.18. The predicted molar refractivity (Wildman–Crippen MR) is 119 cm³/mol. The van der Waals surface area contributed by atoms with Crippen molar-refractivity contribution in [3.8, 4) is 0 Å². The summed E-state index contributed by atoms with van der Waals surface area (Å²) in [6.07, 6.45) is 6.26. The van der Waals surface area contributed by atoms with Crippen LogP contribution in [0.5, 0.6) is 0 Å². The maximum absolute atomic E-state index is 13.0. The lowest BCUT2D eigenvalue weighted by molar-refractivity contribution is 0.0540. The first-order valence-corrected chi connectivity index (χ1v) is 11.4. The maximum atomic E-state index is 13.0. The molecule has 2 heterocycles. The fourth-order valence-electron chi connectivity index (χ4n) is 4.35. The van der Waals surface area contributed by atoms with Gasteiger partial charge in [0.1, 0.15) is 0 Å². The SMILES string of the molecule is Cc1nn(C(F)F)c(C)c1CCC(C)CCC(C)n1nc(C)c(CCC(C)C)c1C. The van der Waals surface area contributed by atoms with Gasteiger partial charge in [-0.15, -0.1) is 0 Å². The lowest BCUT2D eigenvalue weighted by Crippen LogP contribution is -2.11. The van der Waals surface area contributed by atoms with E-state index >= 15 is 0 Å². The van der Waals surface area contributed by atoms with Crippen LogP contribution in [0.3, 0.4) is 0 Å². The molecular weight excluding hydrogens is 382 g/mol. The Bertz CT molecular complexity index is 820. The Morgan fingerprint density at radius 3 is 1.70 bits per heavy atom. The molecule has 0 aromatic carbocycles. The van der Waals surface area contributed by atoms with E-state index in [-0.39, 0.29) is 0 Å². The Hall–Kier alpha value is -1.72. The second-order valence-corrected chi connectivity index (χ2v) is 9.47. The fraction of sp³-hybridized carbons (Fsp3) is 0.750. The molecule has 4 nitrogen and oxygen atoms in total. The van der Waals surface area contributed by atoms with Crippen molar-refractivity contribution < 1.29 is 8.78 Å². The Balaban J connectivity index is 1.91. The zero-order chi connectivity index (χ0) is 22.6. The van der Waals surface area contributed by atoms with Crippen molar-refractivity contribution in [2.24, 2.45) is 11.8 Å². The van der Waals surface area contributed by atoms with E-state index in [1.54, 1.807) is 6.92 Å². The van der Waals surface area contributed by atoms with Crippen molar-refractivity contribution in [1.82, 2.24) is 19.6 Å². The van der Waals surface area contributed by atoms with Gasteiger partial charge in [-0.3, -0.25) is 4.68 Å². The molecule has 2 rings (SSSR count). The van der Waals surface area contributed by atoms with Crippen molar-refractivity contribution in [1.29, 1.82) is 0 Å². The van der Waals surface area contributed by atoms with E-state index in [1.165, 1.54) is 17.7 Å². The van der Waals surface area contributed by atoms with Gasteiger partial charge in [0.2, 0.25) is 0 Å². The molecule has 0 aliphatic rings. The molecule has 0 saturated carbocycles. The van der Waals surface area contributed by atoms with Crippen molar-refractivity contribution in [2.45, 2.75) is 107 Å². The second kappa shape index (κ2) is 10.5. The number of rotatable bonds is 11. The molecule has 0 radical (unpaired) electrons. The minimum Gasteiger partial charge on any atom is -0.267 e. The molecule has 30 heavy (non-hydrogen) atoms. The van der Waals surface area contributed by atoms with Crippen molar-refractivity contribution >= 4 is 0 Å². The number of hydrogen-bond donors (Lipinski definition) is 0. The minimum absolute atomic E-state index is 0.365. The summed E-state index contributed by atoms with van der Waals surface area (Å²) >= 11 is 0. The van der Waals surface area contributed by atoms with Crippen LogP contribution < -0.4 is 0 Å². The minimum atomic E-state index is -2.57. The molecule has 170 valence electrons. The number of alkyl halides is 2. The molecule has 6 heteroatoms. The monoisotopic (exact) mass is 422 g/mol. The van der Waals surface area contributed by atoms with E-state index in [0.717, 1.165) is 53.7 Å². The number of aryl methyl sites for hydroxylation is 2. The molecule has 2 aromatic heterocycles. The first kappa shape index (κ1) is 24.5. The molecule has 2 atom stereocenters. The molecule has 0 fully saturated rings. The lowest BCUT2D eigenvalue weighted by atomic mass is 9.94. The highest BCUT2D eigenvalue weighted by molar-refractivity contribution is 5.25. The molecule has 0 bridgehead atoms. The maximum Gasteiger partial charge on any atom is 0.333 e. The van der Waals surface area contributed by atoms with Crippen LogP contribution >= 0.6 is 0 Å². The Morgan fingerprint density at radius 2 is 1.20 bits per heavy atom. The molecule has 0 spiro atoms. The van der Waals surface area contributed by atoms with Gasteiger partial charge in [-0.2, -0.15) is 19.0 Å². The molecule has 2 aromatic rings. The van der Waals surface area contributed by atoms with Gasteiger partial charge >= 0.3 is 6.55 Å². The van der Waals surface area contributed by atoms with Gasteiger partial charge in [0.25, 0.3) is 0 Å². The Labute approximate surface area is 181 Å². The third-order valence-corrected chi connectivity index (χ3v) is 6.49. The molecule has 0 N–H and O–H groups in total. The summed E-state index contributed by atoms with van der Waals surface area (Å²) in [5, 5.41) is 8.84. The van der Waals surface area contributed by atoms with Crippen molar-refractivity contribution in [3.05, 3.63) is 33.9 Å². The van der Waals surface area contributed by atoms with Gasteiger partial charge < -0.3 is 0 Å². The van der Waals surface area contributed by atoms with Crippen LogP contribution in [0.15, 0.2) is 0 Å². The summed E-state index contributed by atoms with van der Waals surface area (Å²) in [4.78, 5) is 0. The van der Waals surface area contributed by atoms with E-state index in [0.29, 0.717) is 23.6 Å². The van der Waals surface area contributed by atoms with Crippen LogP contribution in [0.1, 0.15) is 99.9 Å². The van der Waals surface area contributed by atoms with Gasteiger partial charge in [0, 0.05) is 17.4 Å². The van der Waals surface area contributed by atoms with Crippen LogP contribution in [-0.2, 0) is 12.8 Å². The molecular formula is C24H40F2N4. The molecule has 0 amide bonds.